The first-order valence-corrected chi connectivity index (χ1v) is 6.63. The van der Waals surface area contributed by atoms with Crippen molar-refractivity contribution < 1.29 is 0 Å². The number of anilines is 1. The summed E-state index contributed by atoms with van der Waals surface area (Å²) in [5.41, 5.74) is 0.00572. The molecule has 0 radical (unpaired) electrons. The molecule has 0 aromatic carbocycles. The molecule has 0 spiro atoms. The van der Waals surface area contributed by atoms with Crippen LogP contribution in [0.5, 0.6) is 0 Å². The van der Waals surface area contributed by atoms with Gasteiger partial charge in [0.05, 0.1) is 0 Å². The molecule has 1 aromatic rings. The minimum absolute atomic E-state index is 0.00572. The van der Waals surface area contributed by atoms with E-state index in [1.807, 2.05) is 7.05 Å². The van der Waals surface area contributed by atoms with E-state index in [0.717, 1.165) is 38.4 Å². The Hall–Kier alpha value is -1.36. The van der Waals surface area contributed by atoms with Gasteiger partial charge in [0.2, 0.25) is 0 Å². The van der Waals surface area contributed by atoms with Crippen LogP contribution >= 0.6 is 0 Å². The predicted molar refractivity (Wildman–Crippen MR) is 73.0 cm³/mol. The summed E-state index contributed by atoms with van der Waals surface area (Å²) in [6.45, 7) is 2.97. The molecule has 100 valence electrons. The summed E-state index contributed by atoms with van der Waals surface area (Å²) in [4.78, 5) is 18.3. The highest BCUT2D eigenvalue weighted by atomic mass is 16.1. The van der Waals surface area contributed by atoms with Crippen molar-refractivity contribution in [2.45, 2.75) is 19.3 Å². The van der Waals surface area contributed by atoms with Gasteiger partial charge in [0.15, 0.2) is 5.82 Å². The number of hydrogen-bond donors (Lipinski definition) is 1. The molecular weight excluding hydrogens is 228 g/mol. The Kier molecular flexibility index (Phi) is 4.36. The number of nitrogens with zero attached hydrogens (tertiary/aromatic N) is 3. The van der Waals surface area contributed by atoms with E-state index in [1.54, 1.807) is 24.0 Å². The Labute approximate surface area is 108 Å². The van der Waals surface area contributed by atoms with Crippen LogP contribution in [0, 0.1) is 5.92 Å². The van der Waals surface area contributed by atoms with Crippen LogP contribution in [0.1, 0.15) is 19.3 Å². The number of nitrogens with one attached hydrogen (secondary N) is 1. The van der Waals surface area contributed by atoms with Crippen molar-refractivity contribution in [3.8, 4) is 0 Å². The van der Waals surface area contributed by atoms with Crippen molar-refractivity contribution in [3.63, 3.8) is 0 Å². The van der Waals surface area contributed by atoms with Gasteiger partial charge in [0.25, 0.3) is 5.56 Å². The molecular formula is C13H22N4O. The van der Waals surface area contributed by atoms with Gasteiger partial charge in [-0.15, -0.1) is 0 Å². The highest BCUT2D eigenvalue weighted by Crippen LogP contribution is 2.21. The number of rotatable bonds is 4. The third kappa shape index (κ3) is 2.90. The zero-order valence-electron chi connectivity index (χ0n) is 11.2. The Morgan fingerprint density at radius 3 is 2.83 bits per heavy atom. The normalized spacial score (nSPS) is 17.1. The third-order valence-corrected chi connectivity index (χ3v) is 3.72. The maximum absolute atomic E-state index is 12.0. The molecule has 5 nitrogen and oxygen atoms in total. The lowest BCUT2D eigenvalue weighted by molar-refractivity contribution is 0.376. The first kappa shape index (κ1) is 13.1. The summed E-state index contributed by atoms with van der Waals surface area (Å²) in [6.07, 6.45) is 6.93. The number of aromatic nitrogens is 2. The lowest BCUT2D eigenvalue weighted by Gasteiger charge is -2.32. The van der Waals surface area contributed by atoms with Gasteiger partial charge in [-0.2, -0.15) is 0 Å². The summed E-state index contributed by atoms with van der Waals surface area (Å²) < 4.78 is 1.59. The lowest BCUT2D eigenvalue weighted by atomic mass is 9.93. The maximum atomic E-state index is 12.0. The van der Waals surface area contributed by atoms with Crippen molar-refractivity contribution in [2.75, 3.05) is 31.6 Å². The molecule has 0 aliphatic carbocycles. The van der Waals surface area contributed by atoms with Gasteiger partial charge in [0.1, 0.15) is 0 Å². The van der Waals surface area contributed by atoms with Crippen molar-refractivity contribution in [3.05, 3.63) is 22.7 Å². The van der Waals surface area contributed by atoms with Gasteiger partial charge < -0.3 is 14.8 Å². The van der Waals surface area contributed by atoms with Gasteiger partial charge in [-0.05, 0) is 38.8 Å². The van der Waals surface area contributed by atoms with Crippen LogP contribution in [0.2, 0.25) is 0 Å². The van der Waals surface area contributed by atoms with E-state index >= 15 is 0 Å². The topological polar surface area (TPSA) is 50.2 Å². The Bertz CT molecular complexity index is 435. The van der Waals surface area contributed by atoms with Crippen molar-refractivity contribution in [2.24, 2.45) is 13.0 Å². The van der Waals surface area contributed by atoms with Gasteiger partial charge in [0, 0.05) is 32.5 Å². The summed E-state index contributed by atoms with van der Waals surface area (Å²) in [5, 5.41) is 3.20. The second-order valence-corrected chi connectivity index (χ2v) is 4.99. The van der Waals surface area contributed by atoms with E-state index in [4.69, 9.17) is 0 Å². The van der Waals surface area contributed by atoms with Crippen LogP contribution in [-0.4, -0.2) is 36.2 Å². The van der Waals surface area contributed by atoms with E-state index in [2.05, 4.69) is 15.2 Å². The monoisotopic (exact) mass is 250 g/mol. The van der Waals surface area contributed by atoms with E-state index in [1.165, 1.54) is 6.42 Å². The zero-order valence-corrected chi connectivity index (χ0v) is 11.2. The standard InChI is InChI=1S/C13H22N4O/c1-14-6-3-11-4-8-17(9-5-11)12-13(18)16(2)10-7-15-12/h7,10-11,14H,3-6,8-9H2,1-2H3. The van der Waals surface area contributed by atoms with E-state index in [-0.39, 0.29) is 5.56 Å². The molecule has 0 bridgehead atoms. The molecule has 0 unspecified atom stereocenters. The van der Waals surface area contributed by atoms with Crippen LogP contribution < -0.4 is 15.8 Å². The highest BCUT2D eigenvalue weighted by Gasteiger charge is 2.21. The van der Waals surface area contributed by atoms with Crippen LogP contribution in [0.25, 0.3) is 0 Å². The molecule has 0 saturated carbocycles. The summed E-state index contributed by atoms with van der Waals surface area (Å²) in [6, 6.07) is 0. The summed E-state index contributed by atoms with van der Waals surface area (Å²) in [7, 11) is 3.76. The second kappa shape index (κ2) is 6.00. The van der Waals surface area contributed by atoms with E-state index in [9.17, 15) is 4.79 Å². The average molecular weight is 250 g/mol. The summed E-state index contributed by atoms with van der Waals surface area (Å²) >= 11 is 0. The van der Waals surface area contributed by atoms with Crippen LogP contribution in [0.15, 0.2) is 17.2 Å². The average Bonchev–Trinajstić information content (AvgIpc) is 2.40. The molecule has 5 heteroatoms. The summed E-state index contributed by atoms with van der Waals surface area (Å²) in [5.74, 6) is 1.38. The van der Waals surface area contributed by atoms with Gasteiger partial charge in [-0.1, -0.05) is 0 Å². The third-order valence-electron chi connectivity index (χ3n) is 3.72. The fraction of sp³-hybridized carbons (Fsp3) is 0.692. The van der Waals surface area contributed by atoms with Crippen molar-refractivity contribution >= 4 is 5.82 Å². The SMILES string of the molecule is CNCCC1CCN(c2nccn(C)c2=O)CC1. The van der Waals surface area contributed by atoms with Crippen LogP contribution in [-0.2, 0) is 7.05 Å². The molecule has 1 N–H and O–H groups in total. The number of aryl methyl sites for hydroxylation is 1. The minimum Gasteiger partial charge on any atom is -0.352 e. The molecule has 18 heavy (non-hydrogen) atoms. The molecule has 1 saturated heterocycles. The molecule has 2 heterocycles. The Morgan fingerprint density at radius 2 is 2.17 bits per heavy atom. The molecule has 1 aliphatic heterocycles. The molecule has 0 atom stereocenters. The minimum atomic E-state index is 0.00572. The maximum Gasteiger partial charge on any atom is 0.293 e. The van der Waals surface area contributed by atoms with Gasteiger partial charge in [-0.3, -0.25) is 4.79 Å². The van der Waals surface area contributed by atoms with E-state index in [0.29, 0.717) is 5.82 Å². The fourth-order valence-corrected chi connectivity index (χ4v) is 2.48. The quantitative estimate of drug-likeness (QED) is 0.850. The van der Waals surface area contributed by atoms with Crippen LogP contribution in [0.4, 0.5) is 5.82 Å². The molecule has 0 amide bonds. The van der Waals surface area contributed by atoms with Gasteiger partial charge >= 0.3 is 0 Å². The van der Waals surface area contributed by atoms with Crippen molar-refractivity contribution in [1.82, 2.24) is 14.9 Å². The molecule has 1 aliphatic rings. The largest absolute Gasteiger partial charge is 0.352 e. The van der Waals surface area contributed by atoms with Crippen LogP contribution in [0.3, 0.4) is 0 Å². The molecule has 2 rings (SSSR count). The Morgan fingerprint density at radius 1 is 1.44 bits per heavy atom. The highest BCUT2D eigenvalue weighted by molar-refractivity contribution is 5.35. The molecule has 1 aromatic heterocycles. The lowest BCUT2D eigenvalue weighted by Crippen LogP contribution is -2.39. The Balaban J connectivity index is 1.97. The number of piperidine rings is 1. The van der Waals surface area contributed by atoms with Gasteiger partial charge in [-0.25, -0.2) is 4.98 Å². The first-order valence-electron chi connectivity index (χ1n) is 6.63. The predicted octanol–water partition coefficient (Wildman–Crippen LogP) is 0.606. The number of hydrogen-bond acceptors (Lipinski definition) is 4. The van der Waals surface area contributed by atoms with E-state index < -0.39 is 0 Å². The fourth-order valence-electron chi connectivity index (χ4n) is 2.48. The zero-order chi connectivity index (χ0) is 13.0. The second-order valence-electron chi connectivity index (χ2n) is 4.99. The smallest absolute Gasteiger partial charge is 0.293 e. The molecule has 1 fully saturated rings. The first-order chi connectivity index (χ1) is 8.72. The van der Waals surface area contributed by atoms with Crippen molar-refractivity contribution in [1.29, 1.82) is 0 Å².